The van der Waals surface area contributed by atoms with Crippen molar-refractivity contribution in [3.63, 3.8) is 0 Å². The zero-order valence-corrected chi connectivity index (χ0v) is 12.9. The van der Waals surface area contributed by atoms with Crippen LogP contribution in [0.25, 0.3) is 0 Å². The Morgan fingerprint density at radius 1 is 1.42 bits per heavy atom. The molecule has 1 heterocycles. The SMILES string of the molecule is O=C(NCCC1=CCNCC1)c1cc(Cl)cc(Br)c1. The van der Waals surface area contributed by atoms with E-state index in [9.17, 15) is 4.79 Å². The Hall–Kier alpha value is -0.840. The molecule has 0 fully saturated rings. The highest BCUT2D eigenvalue weighted by molar-refractivity contribution is 9.10. The van der Waals surface area contributed by atoms with Crippen molar-refractivity contribution in [1.29, 1.82) is 0 Å². The molecule has 0 aliphatic carbocycles. The first-order chi connectivity index (χ1) is 9.15. The quantitative estimate of drug-likeness (QED) is 0.825. The standard InChI is InChI=1S/C14H16BrClN2O/c15-12-7-11(8-13(16)9-12)14(19)18-6-3-10-1-4-17-5-2-10/h1,7-9,17H,2-6H2,(H,18,19). The Morgan fingerprint density at radius 2 is 2.26 bits per heavy atom. The van der Waals surface area contributed by atoms with Gasteiger partial charge in [-0.2, -0.15) is 0 Å². The minimum Gasteiger partial charge on any atom is -0.352 e. The van der Waals surface area contributed by atoms with Gasteiger partial charge in [0.2, 0.25) is 0 Å². The van der Waals surface area contributed by atoms with E-state index in [1.807, 2.05) is 0 Å². The fourth-order valence-electron chi connectivity index (χ4n) is 2.02. The lowest BCUT2D eigenvalue weighted by molar-refractivity contribution is 0.0954. The van der Waals surface area contributed by atoms with Gasteiger partial charge < -0.3 is 10.6 Å². The highest BCUT2D eigenvalue weighted by atomic mass is 79.9. The molecule has 2 N–H and O–H groups in total. The maximum Gasteiger partial charge on any atom is 0.251 e. The third-order valence-corrected chi connectivity index (χ3v) is 3.69. The van der Waals surface area contributed by atoms with Gasteiger partial charge in [0.1, 0.15) is 0 Å². The topological polar surface area (TPSA) is 41.1 Å². The Kier molecular flexibility index (Phi) is 5.43. The molecular formula is C14H16BrClN2O. The van der Waals surface area contributed by atoms with Crippen molar-refractivity contribution in [3.05, 3.63) is 44.9 Å². The van der Waals surface area contributed by atoms with Crippen molar-refractivity contribution in [2.45, 2.75) is 12.8 Å². The van der Waals surface area contributed by atoms with Gasteiger partial charge in [0.15, 0.2) is 0 Å². The van der Waals surface area contributed by atoms with Gasteiger partial charge >= 0.3 is 0 Å². The molecule has 1 aromatic rings. The van der Waals surface area contributed by atoms with Crippen LogP contribution in [0, 0.1) is 0 Å². The van der Waals surface area contributed by atoms with Crippen LogP contribution < -0.4 is 10.6 Å². The van der Waals surface area contributed by atoms with Crippen LogP contribution in [0.15, 0.2) is 34.3 Å². The third-order valence-electron chi connectivity index (χ3n) is 3.01. The summed E-state index contributed by atoms with van der Waals surface area (Å²) in [6, 6.07) is 5.20. The molecule has 0 saturated heterocycles. The average molecular weight is 344 g/mol. The monoisotopic (exact) mass is 342 g/mol. The van der Waals surface area contributed by atoms with Gasteiger partial charge in [-0.05, 0) is 37.6 Å². The lowest BCUT2D eigenvalue weighted by Gasteiger charge is -2.14. The van der Waals surface area contributed by atoms with Crippen molar-refractivity contribution >= 4 is 33.4 Å². The fraction of sp³-hybridized carbons (Fsp3) is 0.357. The Balaban J connectivity index is 1.85. The summed E-state index contributed by atoms with van der Waals surface area (Å²) >= 11 is 9.26. The van der Waals surface area contributed by atoms with Crippen molar-refractivity contribution in [3.8, 4) is 0 Å². The maximum atomic E-state index is 12.0. The molecule has 2 rings (SSSR count). The number of carbonyl (C=O) groups excluding carboxylic acids is 1. The molecule has 3 nitrogen and oxygen atoms in total. The van der Waals surface area contributed by atoms with Crippen molar-refractivity contribution in [2.24, 2.45) is 0 Å². The van der Waals surface area contributed by atoms with Crippen LogP contribution in [-0.2, 0) is 0 Å². The van der Waals surface area contributed by atoms with Crippen LogP contribution in [0.3, 0.4) is 0 Å². The minimum absolute atomic E-state index is 0.0854. The largest absolute Gasteiger partial charge is 0.352 e. The number of hydrogen-bond acceptors (Lipinski definition) is 2. The molecule has 0 spiro atoms. The number of rotatable bonds is 4. The minimum atomic E-state index is -0.0854. The van der Waals surface area contributed by atoms with E-state index in [0.717, 1.165) is 30.4 Å². The van der Waals surface area contributed by atoms with Gasteiger partial charge in [0, 0.05) is 28.1 Å². The van der Waals surface area contributed by atoms with Gasteiger partial charge in [0.25, 0.3) is 5.91 Å². The van der Waals surface area contributed by atoms with Crippen LogP contribution in [0.2, 0.25) is 5.02 Å². The number of amides is 1. The summed E-state index contributed by atoms with van der Waals surface area (Å²) in [5, 5.41) is 6.75. The first-order valence-electron chi connectivity index (χ1n) is 6.28. The van der Waals surface area contributed by atoms with Gasteiger partial charge in [0.05, 0.1) is 0 Å². The van der Waals surface area contributed by atoms with Crippen LogP contribution in [0.1, 0.15) is 23.2 Å². The number of nitrogens with one attached hydrogen (secondary N) is 2. The summed E-state index contributed by atoms with van der Waals surface area (Å²) in [6.45, 7) is 2.63. The number of carbonyl (C=O) groups is 1. The summed E-state index contributed by atoms with van der Waals surface area (Å²) in [5.74, 6) is -0.0854. The second kappa shape index (κ2) is 7.08. The average Bonchev–Trinajstić information content (AvgIpc) is 2.38. The zero-order chi connectivity index (χ0) is 13.7. The lowest BCUT2D eigenvalue weighted by atomic mass is 10.1. The van der Waals surface area contributed by atoms with E-state index in [4.69, 9.17) is 11.6 Å². The molecule has 0 aromatic heterocycles. The van der Waals surface area contributed by atoms with Crippen LogP contribution in [0.5, 0.6) is 0 Å². The summed E-state index contributed by atoms with van der Waals surface area (Å²) < 4.78 is 0.811. The normalized spacial score (nSPS) is 14.9. The summed E-state index contributed by atoms with van der Waals surface area (Å²) in [6.07, 6.45) is 4.18. The molecule has 1 aliphatic heterocycles. The van der Waals surface area contributed by atoms with E-state index in [-0.39, 0.29) is 5.91 Å². The smallest absolute Gasteiger partial charge is 0.251 e. The summed E-state index contributed by atoms with van der Waals surface area (Å²) in [4.78, 5) is 12.0. The van der Waals surface area contributed by atoms with Gasteiger partial charge in [-0.1, -0.05) is 39.2 Å². The molecule has 0 atom stereocenters. The molecule has 102 valence electrons. The number of halogens is 2. The molecule has 0 radical (unpaired) electrons. The molecule has 1 amide bonds. The first kappa shape index (κ1) is 14.6. The van der Waals surface area contributed by atoms with E-state index in [2.05, 4.69) is 32.6 Å². The van der Waals surface area contributed by atoms with Crippen molar-refractivity contribution < 1.29 is 4.79 Å². The molecule has 0 unspecified atom stereocenters. The maximum absolute atomic E-state index is 12.0. The Morgan fingerprint density at radius 3 is 2.95 bits per heavy atom. The predicted octanol–water partition coefficient (Wildman–Crippen LogP) is 3.14. The van der Waals surface area contributed by atoms with Crippen molar-refractivity contribution in [2.75, 3.05) is 19.6 Å². The van der Waals surface area contributed by atoms with Crippen molar-refractivity contribution in [1.82, 2.24) is 10.6 Å². The molecule has 1 aliphatic rings. The third kappa shape index (κ3) is 4.64. The molecule has 1 aromatic carbocycles. The second-order valence-corrected chi connectivity index (χ2v) is 5.83. The van der Waals surface area contributed by atoms with Crippen LogP contribution >= 0.6 is 27.5 Å². The summed E-state index contributed by atoms with van der Waals surface area (Å²) in [5.41, 5.74) is 1.99. The molecular weight excluding hydrogens is 328 g/mol. The Labute approximate surface area is 126 Å². The molecule has 19 heavy (non-hydrogen) atoms. The molecule has 0 saturated carbocycles. The lowest BCUT2D eigenvalue weighted by Crippen LogP contribution is -2.26. The zero-order valence-electron chi connectivity index (χ0n) is 10.5. The second-order valence-electron chi connectivity index (χ2n) is 4.48. The predicted molar refractivity (Wildman–Crippen MR) is 81.7 cm³/mol. The molecule has 0 bridgehead atoms. The highest BCUT2D eigenvalue weighted by Gasteiger charge is 2.08. The van der Waals surface area contributed by atoms with E-state index in [0.29, 0.717) is 17.1 Å². The van der Waals surface area contributed by atoms with Gasteiger partial charge in [-0.25, -0.2) is 0 Å². The summed E-state index contributed by atoms with van der Waals surface area (Å²) in [7, 11) is 0. The van der Waals surface area contributed by atoms with E-state index in [1.165, 1.54) is 5.57 Å². The van der Waals surface area contributed by atoms with E-state index in [1.54, 1.807) is 18.2 Å². The molecule has 5 heteroatoms. The van der Waals surface area contributed by atoms with E-state index >= 15 is 0 Å². The van der Waals surface area contributed by atoms with E-state index < -0.39 is 0 Å². The number of hydrogen-bond donors (Lipinski definition) is 2. The Bertz CT molecular complexity index is 482. The fourth-order valence-corrected chi connectivity index (χ4v) is 2.88. The first-order valence-corrected chi connectivity index (χ1v) is 7.45. The highest BCUT2D eigenvalue weighted by Crippen LogP contribution is 2.19. The van der Waals surface area contributed by atoms with Crippen LogP contribution in [-0.4, -0.2) is 25.5 Å². The number of benzene rings is 1. The van der Waals surface area contributed by atoms with Gasteiger partial charge in [-0.15, -0.1) is 0 Å². The van der Waals surface area contributed by atoms with Gasteiger partial charge in [-0.3, -0.25) is 4.79 Å². The van der Waals surface area contributed by atoms with Crippen LogP contribution in [0.4, 0.5) is 0 Å².